The third-order valence-corrected chi connectivity index (χ3v) is 13.5. The van der Waals surface area contributed by atoms with E-state index in [9.17, 15) is 0 Å². The molecule has 0 N–H and O–H groups in total. The Bertz CT molecular complexity index is 3000. The van der Waals surface area contributed by atoms with Crippen LogP contribution in [0.25, 0.3) is 42.4 Å². The molecule has 9 aromatic rings. The van der Waals surface area contributed by atoms with E-state index >= 15 is 0 Å². The third kappa shape index (κ3) is 4.32. The molecule has 1 aromatic heterocycles. The molecule has 4 heteroatoms. The molecule has 3 heterocycles. The highest BCUT2D eigenvalue weighted by molar-refractivity contribution is 7.26. The van der Waals surface area contributed by atoms with E-state index < -0.39 is 0 Å². The minimum absolute atomic E-state index is 0.00203. The van der Waals surface area contributed by atoms with Crippen LogP contribution in [-0.4, -0.2) is 6.85 Å². The highest BCUT2D eigenvalue weighted by atomic mass is 32.1. The van der Waals surface area contributed by atoms with Crippen molar-refractivity contribution in [3.8, 4) is 22.3 Å². The maximum Gasteiger partial charge on any atom is 0.329 e. The van der Waals surface area contributed by atoms with Gasteiger partial charge < -0.3 is 9.71 Å². The second-order valence-corrected chi connectivity index (χ2v) is 16.4. The van der Waals surface area contributed by atoms with Crippen molar-refractivity contribution >= 4 is 77.7 Å². The lowest BCUT2D eigenvalue weighted by Crippen LogP contribution is -2.62. The Hall–Kier alpha value is -6.36. The number of aryl methyl sites for hydroxylation is 2. The Balaban J connectivity index is 1.26. The first-order valence-corrected chi connectivity index (χ1v) is 20.1. The van der Waals surface area contributed by atoms with Gasteiger partial charge in [-0.1, -0.05) is 121 Å². The Morgan fingerprint density at radius 2 is 1.25 bits per heavy atom. The zero-order chi connectivity index (χ0) is 36.4. The van der Waals surface area contributed by atoms with Crippen molar-refractivity contribution in [3.05, 3.63) is 198 Å². The summed E-state index contributed by atoms with van der Waals surface area (Å²) in [6.07, 6.45) is 0. The van der Waals surface area contributed by atoms with Crippen molar-refractivity contribution in [1.29, 1.82) is 0 Å². The molecule has 0 spiro atoms. The van der Waals surface area contributed by atoms with Gasteiger partial charge in [0.15, 0.2) is 0 Å². The van der Waals surface area contributed by atoms with Crippen LogP contribution in [0.3, 0.4) is 0 Å². The first kappa shape index (κ1) is 31.0. The lowest BCUT2D eigenvalue weighted by atomic mass is 9.40. The van der Waals surface area contributed by atoms with Crippen LogP contribution >= 0.6 is 11.3 Å². The summed E-state index contributed by atoms with van der Waals surface area (Å²) < 4.78 is 2.68. The van der Waals surface area contributed by atoms with Crippen LogP contribution in [0.1, 0.15) is 33.7 Å². The quantitative estimate of drug-likeness (QED) is 0.167. The van der Waals surface area contributed by atoms with E-state index in [1.165, 1.54) is 98.2 Å². The van der Waals surface area contributed by atoms with Gasteiger partial charge in [0, 0.05) is 60.1 Å². The second kappa shape index (κ2) is 11.6. The van der Waals surface area contributed by atoms with Gasteiger partial charge >= 0.3 is 6.85 Å². The molecule has 2 nitrogen and oxygen atoms in total. The molecule has 0 bridgehead atoms. The van der Waals surface area contributed by atoms with Gasteiger partial charge in [0.05, 0.1) is 0 Å². The molecular weight excluding hydrogens is 683 g/mol. The van der Waals surface area contributed by atoms with Gasteiger partial charge in [-0.15, -0.1) is 11.3 Å². The van der Waals surface area contributed by atoms with E-state index in [-0.39, 0.29) is 12.8 Å². The first-order valence-electron chi connectivity index (χ1n) is 19.3. The first-order chi connectivity index (χ1) is 27.1. The van der Waals surface area contributed by atoms with Gasteiger partial charge in [-0.05, 0) is 118 Å². The summed E-state index contributed by atoms with van der Waals surface area (Å²) in [6.45, 7) is 4.49. The fourth-order valence-corrected chi connectivity index (χ4v) is 11.4. The predicted octanol–water partition coefficient (Wildman–Crippen LogP) is 12.5. The van der Waals surface area contributed by atoms with Crippen molar-refractivity contribution < 1.29 is 0 Å². The molecule has 3 aliphatic rings. The number of fused-ring (bicyclic) bond motifs is 11. The number of rotatable bonds is 4. The van der Waals surface area contributed by atoms with Crippen molar-refractivity contribution in [2.45, 2.75) is 19.8 Å². The molecule has 0 fully saturated rings. The van der Waals surface area contributed by atoms with Gasteiger partial charge in [0.2, 0.25) is 0 Å². The van der Waals surface area contributed by atoms with Gasteiger partial charge in [-0.2, -0.15) is 0 Å². The predicted molar refractivity (Wildman–Crippen MR) is 235 cm³/mol. The van der Waals surface area contributed by atoms with Crippen LogP contribution < -0.4 is 20.6 Å². The summed E-state index contributed by atoms with van der Waals surface area (Å²) in [5.41, 5.74) is 21.1. The number of hydrogen-bond acceptors (Lipinski definition) is 3. The van der Waals surface area contributed by atoms with Crippen LogP contribution in [0.4, 0.5) is 28.4 Å². The Labute approximate surface area is 325 Å². The van der Waals surface area contributed by atoms with E-state index in [0.29, 0.717) is 0 Å². The molecule has 2 aliphatic heterocycles. The van der Waals surface area contributed by atoms with E-state index in [0.717, 1.165) is 11.4 Å². The summed E-state index contributed by atoms with van der Waals surface area (Å²) in [5, 5.41) is 2.65. The smallest absolute Gasteiger partial charge is 0.329 e. The average molecular weight is 719 g/mol. The van der Waals surface area contributed by atoms with Crippen LogP contribution in [0.5, 0.6) is 0 Å². The maximum atomic E-state index is 2.69. The number of thiophene rings is 1. The Morgan fingerprint density at radius 3 is 2.05 bits per heavy atom. The minimum Gasteiger partial charge on any atom is -0.376 e. The molecule has 12 rings (SSSR count). The molecule has 0 amide bonds. The third-order valence-electron chi connectivity index (χ3n) is 12.3. The zero-order valence-electron chi connectivity index (χ0n) is 30.6. The zero-order valence-corrected chi connectivity index (χ0v) is 31.4. The van der Waals surface area contributed by atoms with Gasteiger partial charge in [-0.3, -0.25) is 0 Å². The van der Waals surface area contributed by atoms with Crippen LogP contribution in [-0.2, 0) is 0 Å². The molecule has 1 unspecified atom stereocenters. The minimum atomic E-state index is 0.00203. The van der Waals surface area contributed by atoms with Crippen molar-refractivity contribution in [1.82, 2.24) is 0 Å². The summed E-state index contributed by atoms with van der Waals surface area (Å²) in [6, 6.07) is 63.7. The Morgan fingerprint density at radius 1 is 0.545 bits per heavy atom. The molecule has 0 saturated carbocycles. The average Bonchev–Trinajstić information content (AvgIpc) is 3.77. The van der Waals surface area contributed by atoms with Crippen molar-refractivity contribution in [3.63, 3.8) is 0 Å². The molecule has 0 saturated heterocycles. The SMILES string of the molecule is Cc1ccc(N2B3c4cccc5c4C(c4ccccc4-5)c4cc(N(c5ccccc5)c5ccccc5)cc(c43)-c3c2ccc2c3sc3ccccc32)c(C)c1. The van der Waals surface area contributed by atoms with E-state index in [1.807, 2.05) is 11.3 Å². The molecule has 1 atom stereocenters. The fraction of sp³-hybridized carbons (Fsp3) is 0.0588. The highest BCUT2D eigenvalue weighted by Gasteiger charge is 2.49. The van der Waals surface area contributed by atoms with E-state index in [4.69, 9.17) is 0 Å². The lowest BCUT2D eigenvalue weighted by Gasteiger charge is -2.45. The standard InChI is InChI=1S/C51H35BN2S/c1-31-24-26-44(32(2)28-31)54-45-27-25-40-37-19-11-12-23-46(37)55-51(40)49(45)42-30-35(53(33-14-5-3-6-15-33)34-16-7-4-8-17-34)29-41-47-38-20-10-9-18-36(38)39-21-13-22-43(48(39)47)52(54)50(41)42/h3-30,47H,1-2H3. The summed E-state index contributed by atoms with van der Waals surface area (Å²) >= 11 is 1.93. The monoisotopic (exact) mass is 718 g/mol. The topological polar surface area (TPSA) is 6.48 Å². The van der Waals surface area contributed by atoms with E-state index in [1.54, 1.807) is 0 Å². The number of benzene rings is 8. The number of nitrogens with zero attached hydrogens (tertiary/aromatic N) is 2. The van der Waals surface area contributed by atoms with E-state index in [2.05, 4.69) is 193 Å². The Kier molecular flexibility index (Phi) is 6.53. The molecular formula is C51H35BN2S. The molecule has 0 radical (unpaired) electrons. The van der Waals surface area contributed by atoms with Crippen LogP contribution in [0.15, 0.2) is 170 Å². The van der Waals surface area contributed by atoms with Gasteiger partial charge in [-0.25, -0.2) is 0 Å². The molecule has 1 aliphatic carbocycles. The summed E-state index contributed by atoms with van der Waals surface area (Å²) in [5.74, 6) is 0.130. The lowest BCUT2D eigenvalue weighted by molar-refractivity contribution is 1.02. The highest BCUT2D eigenvalue weighted by Crippen LogP contribution is 2.55. The summed E-state index contributed by atoms with van der Waals surface area (Å²) in [7, 11) is 0. The molecule has 55 heavy (non-hydrogen) atoms. The van der Waals surface area contributed by atoms with Crippen LogP contribution in [0, 0.1) is 13.8 Å². The van der Waals surface area contributed by atoms with Gasteiger partial charge in [0.1, 0.15) is 0 Å². The normalized spacial score (nSPS) is 14.5. The number of para-hydroxylation sites is 2. The van der Waals surface area contributed by atoms with Gasteiger partial charge in [0.25, 0.3) is 0 Å². The fourth-order valence-electron chi connectivity index (χ4n) is 10.1. The maximum absolute atomic E-state index is 2.69. The van der Waals surface area contributed by atoms with Crippen molar-refractivity contribution in [2.24, 2.45) is 0 Å². The van der Waals surface area contributed by atoms with Crippen LogP contribution in [0.2, 0.25) is 0 Å². The second-order valence-electron chi connectivity index (χ2n) is 15.3. The van der Waals surface area contributed by atoms with Crippen molar-refractivity contribution in [2.75, 3.05) is 9.71 Å². The summed E-state index contributed by atoms with van der Waals surface area (Å²) in [4.78, 5) is 5.15. The molecule has 258 valence electrons. The molecule has 8 aromatic carbocycles. The number of anilines is 5. The number of hydrogen-bond donors (Lipinski definition) is 0. The largest absolute Gasteiger partial charge is 0.376 e.